The van der Waals surface area contributed by atoms with Gasteiger partial charge in [-0.1, -0.05) is 18.2 Å². The summed E-state index contributed by atoms with van der Waals surface area (Å²) in [6, 6.07) is 13.4. The Morgan fingerprint density at radius 1 is 1.07 bits per heavy atom. The summed E-state index contributed by atoms with van der Waals surface area (Å²) in [7, 11) is 3.17. The van der Waals surface area contributed by atoms with E-state index >= 15 is 0 Å². The van der Waals surface area contributed by atoms with E-state index in [4.69, 9.17) is 9.47 Å². The zero-order chi connectivity index (χ0) is 20.4. The number of carbonyl (C=O) groups excluding carboxylic acids is 1. The average Bonchev–Trinajstić information content (AvgIpc) is 3.09. The van der Waals surface area contributed by atoms with E-state index in [-0.39, 0.29) is 17.6 Å². The van der Waals surface area contributed by atoms with Crippen LogP contribution < -0.4 is 15.2 Å². The highest BCUT2D eigenvalue weighted by Gasteiger charge is 2.26. The minimum absolute atomic E-state index is 0.0821. The van der Waals surface area contributed by atoms with Gasteiger partial charge in [0.05, 0.1) is 31.7 Å². The number of H-pyrrole nitrogens is 1. The van der Waals surface area contributed by atoms with Gasteiger partial charge in [-0.3, -0.25) is 9.36 Å². The van der Waals surface area contributed by atoms with E-state index in [2.05, 4.69) is 4.98 Å². The Morgan fingerprint density at radius 2 is 1.79 bits per heavy atom. The quantitative estimate of drug-likeness (QED) is 0.721. The van der Waals surface area contributed by atoms with Crippen LogP contribution in [0.5, 0.6) is 11.5 Å². The molecule has 1 amide bonds. The Balaban J connectivity index is 1.42. The van der Waals surface area contributed by atoms with Gasteiger partial charge in [0.1, 0.15) is 0 Å². The first-order chi connectivity index (χ1) is 14.1. The SMILES string of the molecule is COc1ccc(CC(=O)N2CCC(n3c(=O)[nH]c4ccccc43)CC2)cc1OC. The van der Waals surface area contributed by atoms with Gasteiger partial charge < -0.3 is 19.4 Å². The molecule has 1 N–H and O–H groups in total. The summed E-state index contributed by atoms with van der Waals surface area (Å²) in [6.07, 6.45) is 1.84. The lowest BCUT2D eigenvalue weighted by Gasteiger charge is -2.32. The van der Waals surface area contributed by atoms with Crippen LogP contribution in [0.3, 0.4) is 0 Å². The smallest absolute Gasteiger partial charge is 0.326 e. The number of hydrogen-bond donors (Lipinski definition) is 1. The summed E-state index contributed by atoms with van der Waals surface area (Å²) in [5.74, 6) is 1.35. The molecule has 2 heterocycles. The number of likely N-dealkylation sites (tertiary alicyclic amines) is 1. The van der Waals surface area contributed by atoms with Crippen LogP contribution in [0.25, 0.3) is 11.0 Å². The maximum absolute atomic E-state index is 12.8. The lowest BCUT2D eigenvalue weighted by atomic mass is 10.0. The third kappa shape index (κ3) is 3.72. The van der Waals surface area contributed by atoms with Crippen LogP contribution in [0.1, 0.15) is 24.4 Å². The first-order valence-electron chi connectivity index (χ1n) is 9.78. The van der Waals surface area contributed by atoms with Gasteiger partial charge in [-0.05, 0) is 42.7 Å². The Morgan fingerprint density at radius 3 is 2.52 bits per heavy atom. The molecule has 7 heteroatoms. The molecule has 0 aliphatic carbocycles. The molecule has 0 unspecified atom stereocenters. The molecule has 4 rings (SSSR count). The minimum atomic E-state index is -0.0821. The van der Waals surface area contributed by atoms with Crippen molar-refractivity contribution in [1.82, 2.24) is 14.5 Å². The van der Waals surface area contributed by atoms with Crippen LogP contribution in [-0.2, 0) is 11.2 Å². The number of carbonyl (C=O) groups is 1. The lowest BCUT2D eigenvalue weighted by molar-refractivity contribution is -0.131. The number of amides is 1. The van der Waals surface area contributed by atoms with Crippen molar-refractivity contribution in [2.45, 2.75) is 25.3 Å². The zero-order valence-electron chi connectivity index (χ0n) is 16.7. The summed E-state index contributed by atoms with van der Waals surface area (Å²) in [4.78, 5) is 30.0. The molecule has 152 valence electrons. The van der Waals surface area contributed by atoms with Crippen molar-refractivity contribution < 1.29 is 14.3 Å². The van der Waals surface area contributed by atoms with Crippen LogP contribution in [0, 0.1) is 0 Å². The number of para-hydroxylation sites is 2. The van der Waals surface area contributed by atoms with Gasteiger partial charge in [-0.15, -0.1) is 0 Å². The number of fused-ring (bicyclic) bond motifs is 1. The van der Waals surface area contributed by atoms with Crippen molar-refractivity contribution in [3.8, 4) is 11.5 Å². The maximum Gasteiger partial charge on any atom is 0.326 e. The number of methoxy groups -OCH3 is 2. The van der Waals surface area contributed by atoms with Crippen LogP contribution in [0.15, 0.2) is 47.3 Å². The molecule has 1 fully saturated rings. The molecule has 0 spiro atoms. The Kier molecular flexibility index (Phi) is 5.29. The number of imidazole rings is 1. The molecule has 1 aromatic heterocycles. The van der Waals surface area contributed by atoms with Crippen molar-refractivity contribution in [2.24, 2.45) is 0 Å². The second-order valence-electron chi connectivity index (χ2n) is 7.30. The Bertz CT molecular complexity index is 1080. The number of rotatable bonds is 5. The molecule has 1 aliphatic rings. The summed E-state index contributed by atoms with van der Waals surface area (Å²) < 4.78 is 12.4. The molecule has 7 nitrogen and oxygen atoms in total. The van der Waals surface area contributed by atoms with E-state index in [1.807, 2.05) is 51.9 Å². The number of nitrogens with one attached hydrogen (secondary N) is 1. The molecule has 3 aromatic rings. The van der Waals surface area contributed by atoms with E-state index in [0.717, 1.165) is 29.4 Å². The third-order valence-electron chi connectivity index (χ3n) is 5.61. The highest BCUT2D eigenvalue weighted by Crippen LogP contribution is 2.29. The molecular formula is C22H25N3O4. The molecular weight excluding hydrogens is 370 g/mol. The second kappa shape index (κ2) is 8.03. The molecule has 2 aromatic carbocycles. The van der Waals surface area contributed by atoms with Crippen molar-refractivity contribution in [3.05, 3.63) is 58.5 Å². The first kappa shape index (κ1) is 19.1. The highest BCUT2D eigenvalue weighted by atomic mass is 16.5. The van der Waals surface area contributed by atoms with Gasteiger partial charge in [0.15, 0.2) is 11.5 Å². The van der Waals surface area contributed by atoms with Crippen molar-refractivity contribution in [2.75, 3.05) is 27.3 Å². The van der Waals surface area contributed by atoms with Gasteiger partial charge in [0.25, 0.3) is 0 Å². The zero-order valence-corrected chi connectivity index (χ0v) is 16.7. The molecule has 1 saturated heterocycles. The second-order valence-corrected chi connectivity index (χ2v) is 7.30. The maximum atomic E-state index is 12.8. The normalized spacial score (nSPS) is 14.9. The molecule has 0 radical (unpaired) electrons. The standard InChI is InChI=1S/C22H25N3O4/c1-28-19-8-7-15(13-20(19)29-2)14-21(26)24-11-9-16(10-12-24)25-18-6-4-3-5-17(18)23-22(25)27/h3-8,13,16H,9-12,14H2,1-2H3,(H,23,27). The predicted molar refractivity (Wildman–Crippen MR) is 111 cm³/mol. The average molecular weight is 395 g/mol. The van der Waals surface area contributed by atoms with Gasteiger partial charge in [-0.25, -0.2) is 4.79 Å². The van der Waals surface area contributed by atoms with E-state index in [1.165, 1.54) is 0 Å². The van der Waals surface area contributed by atoms with Crippen molar-refractivity contribution >= 4 is 16.9 Å². The highest BCUT2D eigenvalue weighted by molar-refractivity contribution is 5.79. The Labute approximate surface area is 168 Å². The molecule has 1 aliphatic heterocycles. The topological polar surface area (TPSA) is 76.6 Å². The van der Waals surface area contributed by atoms with E-state index < -0.39 is 0 Å². The molecule has 0 atom stereocenters. The number of aromatic amines is 1. The Hall–Kier alpha value is -3.22. The monoisotopic (exact) mass is 395 g/mol. The predicted octanol–water partition coefficient (Wildman–Crippen LogP) is 2.75. The third-order valence-corrected chi connectivity index (χ3v) is 5.61. The fourth-order valence-electron chi connectivity index (χ4n) is 4.09. The minimum Gasteiger partial charge on any atom is -0.493 e. The summed E-state index contributed by atoms with van der Waals surface area (Å²) in [5.41, 5.74) is 2.58. The van der Waals surface area contributed by atoms with Crippen LogP contribution in [0.4, 0.5) is 0 Å². The fourth-order valence-corrected chi connectivity index (χ4v) is 4.09. The largest absolute Gasteiger partial charge is 0.493 e. The number of ether oxygens (including phenoxy) is 2. The number of hydrogen-bond acceptors (Lipinski definition) is 4. The fraction of sp³-hybridized carbons (Fsp3) is 0.364. The summed E-state index contributed by atoms with van der Waals surface area (Å²) >= 11 is 0. The van der Waals surface area contributed by atoms with Crippen LogP contribution in [-0.4, -0.2) is 47.7 Å². The molecule has 0 bridgehead atoms. The van der Waals surface area contributed by atoms with Gasteiger partial charge in [0.2, 0.25) is 5.91 Å². The first-order valence-corrected chi connectivity index (χ1v) is 9.78. The number of aromatic nitrogens is 2. The van der Waals surface area contributed by atoms with E-state index in [1.54, 1.807) is 14.2 Å². The van der Waals surface area contributed by atoms with Gasteiger partial charge in [-0.2, -0.15) is 0 Å². The van der Waals surface area contributed by atoms with Gasteiger partial charge >= 0.3 is 5.69 Å². The van der Waals surface area contributed by atoms with E-state index in [9.17, 15) is 9.59 Å². The van der Waals surface area contributed by atoms with E-state index in [0.29, 0.717) is 31.0 Å². The summed E-state index contributed by atoms with van der Waals surface area (Å²) in [6.45, 7) is 1.28. The van der Waals surface area contributed by atoms with Gasteiger partial charge in [0, 0.05) is 19.1 Å². The van der Waals surface area contributed by atoms with Crippen molar-refractivity contribution in [3.63, 3.8) is 0 Å². The summed E-state index contributed by atoms with van der Waals surface area (Å²) in [5, 5.41) is 0. The number of benzene rings is 2. The van der Waals surface area contributed by atoms with Crippen LogP contribution in [0.2, 0.25) is 0 Å². The number of nitrogens with zero attached hydrogens (tertiary/aromatic N) is 2. The van der Waals surface area contributed by atoms with Crippen LogP contribution >= 0.6 is 0 Å². The molecule has 29 heavy (non-hydrogen) atoms. The lowest BCUT2D eigenvalue weighted by Crippen LogP contribution is -2.41. The van der Waals surface area contributed by atoms with Crippen molar-refractivity contribution in [1.29, 1.82) is 0 Å². The number of piperidine rings is 1. The molecule has 0 saturated carbocycles.